The third-order valence-electron chi connectivity index (χ3n) is 2.64. The topological polar surface area (TPSA) is 88.1 Å². The Labute approximate surface area is 110 Å². The normalized spacial score (nSPS) is 9.84. The molecule has 0 spiro atoms. The van der Waals surface area contributed by atoms with Crippen molar-refractivity contribution < 1.29 is 9.53 Å². The number of fused-ring (bicyclic) bond motifs is 1. The third-order valence-corrected chi connectivity index (χ3v) is 2.64. The summed E-state index contributed by atoms with van der Waals surface area (Å²) in [5.74, 6) is 0.263. The summed E-state index contributed by atoms with van der Waals surface area (Å²) in [5.41, 5.74) is 6.54. The molecule has 0 atom stereocenters. The number of benzene rings is 2. The van der Waals surface area contributed by atoms with E-state index in [-0.39, 0.29) is 19.1 Å². The molecule has 96 valence electrons. The van der Waals surface area contributed by atoms with Crippen LogP contribution in [0.4, 0.5) is 5.69 Å². The number of rotatable bonds is 4. The first kappa shape index (κ1) is 12.7. The van der Waals surface area contributed by atoms with Crippen molar-refractivity contribution >= 4 is 22.4 Å². The van der Waals surface area contributed by atoms with Crippen LogP contribution >= 0.6 is 0 Å². The molecule has 3 N–H and O–H groups in total. The molecule has 0 aliphatic carbocycles. The average molecular weight is 255 g/mol. The largest absolute Gasteiger partial charge is 0.483 e. The highest BCUT2D eigenvalue weighted by Crippen LogP contribution is 2.29. The molecule has 0 bridgehead atoms. The molecule has 0 saturated carbocycles. The van der Waals surface area contributed by atoms with Crippen molar-refractivity contribution in [2.75, 3.05) is 18.9 Å². The Hall–Kier alpha value is -2.74. The maximum absolute atomic E-state index is 11.4. The number of nitrogens with two attached hydrogens (primary N) is 1. The number of nitriles is 1. The van der Waals surface area contributed by atoms with Crippen LogP contribution in [0.3, 0.4) is 0 Å². The second-order valence-electron chi connectivity index (χ2n) is 3.92. The highest BCUT2D eigenvalue weighted by molar-refractivity contribution is 5.97. The monoisotopic (exact) mass is 255 g/mol. The summed E-state index contributed by atoms with van der Waals surface area (Å²) < 4.78 is 5.46. The molecule has 0 heterocycles. The van der Waals surface area contributed by atoms with Crippen molar-refractivity contribution in [3.63, 3.8) is 0 Å². The number of ether oxygens (including phenoxy) is 1. The van der Waals surface area contributed by atoms with Gasteiger partial charge in [-0.05, 0) is 12.1 Å². The van der Waals surface area contributed by atoms with E-state index < -0.39 is 0 Å². The van der Waals surface area contributed by atoms with Crippen LogP contribution < -0.4 is 15.8 Å². The zero-order valence-electron chi connectivity index (χ0n) is 10.2. The van der Waals surface area contributed by atoms with E-state index in [0.717, 1.165) is 10.8 Å². The van der Waals surface area contributed by atoms with E-state index in [2.05, 4.69) is 5.32 Å². The van der Waals surface area contributed by atoms with Crippen LogP contribution in [-0.4, -0.2) is 19.1 Å². The SMILES string of the molecule is N#CCNC(=O)COc1ccc(N)c2ccccc12. The Morgan fingerprint density at radius 1 is 1.26 bits per heavy atom. The van der Waals surface area contributed by atoms with Crippen molar-refractivity contribution in [3.05, 3.63) is 36.4 Å². The molecule has 0 saturated heterocycles. The van der Waals surface area contributed by atoms with Crippen LogP contribution in [0.25, 0.3) is 10.8 Å². The summed E-state index contributed by atoms with van der Waals surface area (Å²) in [6.45, 7) is -0.153. The summed E-state index contributed by atoms with van der Waals surface area (Å²) in [5, 5.41) is 12.5. The van der Waals surface area contributed by atoms with Crippen molar-refractivity contribution in [2.45, 2.75) is 0 Å². The van der Waals surface area contributed by atoms with Crippen LogP contribution in [0.2, 0.25) is 0 Å². The maximum Gasteiger partial charge on any atom is 0.258 e. The van der Waals surface area contributed by atoms with Gasteiger partial charge in [0.05, 0.1) is 6.07 Å². The van der Waals surface area contributed by atoms with Crippen molar-refractivity contribution in [1.82, 2.24) is 5.32 Å². The van der Waals surface area contributed by atoms with Crippen molar-refractivity contribution in [3.8, 4) is 11.8 Å². The lowest BCUT2D eigenvalue weighted by molar-refractivity contribution is -0.122. The first-order valence-corrected chi connectivity index (χ1v) is 5.76. The van der Waals surface area contributed by atoms with E-state index in [4.69, 9.17) is 15.7 Å². The Morgan fingerprint density at radius 3 is 2.74 bits per heavy atom. The smallest absolute Gasteiger partial charge is 0.258 e. The van der Waals surface area contributed by atoms with Gasteiger partial charge in [0.15, 0.2) is 6.61 Å². The number of hydrogen-bond acceptors (Lipinski definition) is 4. The number of amides is 1. The van der Waals surface area contributed by atoms with Crippen LogP contribution in [0.5, 0.6) is 5.75 Å². The quantitative estimate of drug-likeness (QED) is 0.639. The van der Waals surface area contributed by atoms with Gasteiger partial charge in [-0.2, -0.15) is 5.26 Å². The van der Waals surface area contributed by atoms with Gasteiger partial charge in [-0.25, -0.2) is 0 Å². The number of anilines is 1. The standard InChI is InChI=1S/C14H13N3O2/c15-7-8-17-14(18)9-19-13-6-5-12(16)10-3-1-2-4-11(10)13/h1-6H,8-9,16H2,(H,17,18). The number of nitrogens with zero attached hydrogens (tertiary/aromatic N) is 1. The second-order valence-corrected chi connectivity index (χ2v) is 3.92. The summed E-state index contributed by atoms with van der Waals surface area (Å²) in [6, 6.07) is 12.9. The van der Waals surface area contributed by atoms with Gasteiger partial charge >= 0.3 is 0 Å². The lowest BCUT2D eigenvalue weighted by atomic mass is 10.1. The molecule has 2 rings (SSSR count). The van der Waals surface area contributed by atoms with Gasteiger partial charge in [-0.3, -0.25) is 4.79 Å². The third kappa shape index (κ3) is 2.93. The Bertz CT molecular complexity index is 647. The summed E-state index contributed by atoms with van der Waals surface area (Å²) >= 11 is 0. The Balaban J connectivity index is 2.16. The summed E-state index contributed by atoms with van der Waals surface area (Å²) in [7, 11) is 0. The average Bonchev–Trinajstić information content (AvgIpc) is 2.45. The zero-order chi connectivity index (χ0) is 13.7. The Morgan fingerprint density at radius 2 is 2.00 bits per heavy atom. The number of carbonyl (C=O) groups excluding carboxylic acids is 1. The number of nitrogens with one attached hydrogen (secondary N) is 1. The molecule has 5 nitrogen and oxygen atoms in total. The van der Waals surface area contributed by atoms with E-state index in [1.807, 2.05) is 30.3 Å². The molecule has 0 fully saturated rings. The van der Waals surface area contributed by atoms with E-state index >= 15 is 0 Å². The zero-order valence-corrected chi connectivity index (χ0v) is 10.2. The number of carbonyl (C=O) groups is 1. The van der Waals surface area contributed by atoms with E-state index in [1.165, 1.54) is 0 Å². The molecule has 2 aromatic rings. The molecular weight excluding hydrogens is 242 g/mol. The summed E-state index contributed by atoms with van der Waals surface area (Å²) in [6.07, 6.45) is 0. The molecule has 2 aromatic carbocycles. The van der Waals surface area contributed by atoms with Gasteiger partial charge < -0.3 is 15.8 Å². The number of hydrogen-bond donors (Lipinski definition) is 2. The van der Waals surface area contributed by atoms with Gasteiger partial charge in [0.2, 0.25) is 0 Å². The minimum absolute atomic E-state index is 0.0231. The minimum atomic E-state index is -0.331. The predicted molar refractivity (Wildman–Crippen MR) is 72.5 cm³/mol. The molecule has 5 heteroatoms. The van der Waals surface area contributed by atoms with Crippen molar-refractivity contribution in [1.29, 1.82) is 5.26 Å². The predicted octanol–water partition coefficient (Wildman–Crippen LogP) is 1.44. The molecule has 1 amide bonds. The van der Waals surface area contributed by atoms with Gasteiger partial charge in [0.25, 0.3) is 5.91 Å². The molecule has 0 aliphatic heterocycles. The van der Waals surface area contributed by atoms with Gasteiger partial charge in [-0.1, -0.05) is 24.3 Å². The van der Waals surface area contributed by atoms with E-state index in [9.17, 15) is 4.79 Å². The van der Waals surface area contributed by atoms with Crippen LogP contribution in [-0.2, 0) is 4.79 Å². The first-order chi connectivity index (χ1) is 9.22. The first-order valence-electron chi connectivity index (χ1n) is 5.76. The molecule has 19 heavy (non-hydrogen) atoms. The van der Waals surface area contributed by atoms with Gasteiger partial charge in [-0.15, -0.1) is 0 Å². The van der Waals surface area contributed by atoms with E-state index in [0.29, 0.717) is 11.4 Å². The highest BCUT2D eigenvalue weighted by Gasteiger charge is 2.07. The maximum atomic E-state index is 11.4. The lowest BCUT2D eigenvalue weighted by Crippen LogP contribution is -2.29. The fourth-order valence-corrected chi connectivity index (χ4v) is 1.75. The highest BCUT2D eigenvalue weighted by atomic mass is 16.5. The minimum Gasteiger partial charge on any atom is -0.483 e. The van der Waals surface area contributed by atoms with Crippen LogP contribution in [0.1, 0.15) is 0 Å². The van der Waals surface area contributed by atoms with Gasteiger partial charge in [0.1, 0.15) is 12.3 Å². The van der Waals surface area contributed by atoms with Crippen molar-refractivity contribution in [2.24, 2.45) is 0 Å². The molecular formula is C14H13N3O2. The molecule has 0 aliphatic rings. The van der Waals surface area contributed by atoms with Gasteiger partial charge in [0, 0.05) is 16.5 Å². The fourth-order valence-electron chi connectivity index (χ4n) is 1.75. The van der Waals surface area contributed by atoms with E-state index in [1.54, 1.807) is 12.1 Å². The molecule has 0 unspecified atom stereocenters. The van der Waals surface area contributed by atoms with Crippen LogP contribution in [0, 0.1) is 11.3 Å². The van der Waals surface area contributed by atoms with Crippen LogP contribution in [0.15, 0.2) is 36.4 Å². The number of nitrogen functional groups attached to an aromatic ring is 1. The molecule has 0 radical (unpaired) electrons. The summed E-state index contributed by atoms with van der Waals surface area (Å²) in [4.78, 5) is 11.4. The Kier molecular flexibility index (Phi) is 3.84. The second kappa shape index (κ2) is 5.74. The lowest BCUT2D eigenvalue weighted by Gasteiger charge is -2.10. The fraction of sp³-hybridized carbons (Fsp3) is 0.143. The molecule has 0 aromatic heterocycles.